The Bertz CT molecular complexity index is 1060. The van der Waals surface area contributed by atoms with E-state index in [9.17, 15) is 14.4 Å². The summed E-state index contributed by atoms with van der Waals surface area (Å²) in [6.07, 6.45) is 1.35. The molecular weight excluding hydrogens is 464 g/mol. The SMILES string of the molecule is CCOc1cc(/C=N\NC(=O)C(=O)Nc2ccccc2Cl)ccc1OCC(=O)N1CCOCC1. The summed E-state index contributed by atoms with van der Waals surface area (Å²) < 4.78 is 16.5. The highest BCUT2D eigenvalue weighted by Crippen LogP contribution is 2.28. The van der Waals surface area contributed by atoms with Gasteiger partial charge in [0, 0.05) is 13.1 Å². The number of hydrogen-bond donors (Lipinski definition) is 2. The van der Waals surface area contributed by atoms with Crippen molar-refractivity contribution in [1.82, 2.24) is 10.3 Å². The lowest BCUT2D eigenvalue weighted by Crippen LogP contribution is -2.43. The zero-order valence-electron chi connectivity index (χ0n) is 18.6. The monoisotopic (exact) mass is 488 g/mol. The summed E-state index contributed by atoms with van der Waals surface area (Å²) in [6, 6.07) is 11.5. The van der Waals surface area contributed by atoms with E-state index in [-0.39, 0.29) is 12.5 Å². The molecule has 0 aliphatic carbocycles. The van der Waals surface area contributed by atoms with E-state index in [2.05, 4.69) is 15.8 Å². The van der Waals surface area contributed by atoms with Crippen molar-refractivity contribution in [3.8, 4) is 11.5 Å². The van der Waals surface area contributed by atoms with Gasteiger partial charge in [0.2, 0.25) is 0 Å². The van der Waals surface area contributed by atoms with Crippen LogP contribution < -0.4 is 20.2 Å². The van der Waals surface area contributed by atoms with Crippen molar-refractivity contribution < 1.29 is 28.6 Å². The summed E-state index contributed by atoms with van der Waals surface area (Å²) in [5.74, 6) is -1.17. The van der Waals surface area contributed by atoms with Crippen LogP contribution in [0.25, 0.3) is 0 Å². The molecule has 2 aromatic carbocycles. The molecule has 1 aliphatic heterocycles. The van der Waals surface area contributed by atoms with Crippen molar-refractivity contribution >= 4 is 41.2 Å². The topological polar surface area (TPSA) is 119 Å². The van der Waals surface area contributed by atoms with E-state index in [1.54, 1.807) is 47.4 Å². The summed E-state index contributed by atoms with van der Waals surface area (Å²) in [5, 5.41) is 6.52. The number of carbonyl (C=O) groups is 3. The van der Waals surface area contributed by atoms with Gasteiger partial charge in [0.05, 0.1) is 36.7 Å². The number of nitrogens with one attached hydrogen (secondary N) is 2. The van der Waals surface area contributed by atoms with Gasteiger partial charge in [-0.2, -0.15) is 5.10 Å². The molecule has 11 heteroatoms. The van der Waals surface area contributed by atoms with Crippen LogP contribution in [0.3, 0.4) is 0 Å². The number of benzene rings is 2. The first-order valence-electron chi connectivity index (χ1n) is 10.6. The molecule has 3 amide bonds. The Kier molecular flexibility index (Phi) is 9.24. The molecular formula is C23H25ClN4O6. The number of halogens is 1. The quantitative estimate of drug-likeness (QED) is 0.333. The number of morpholine rings is 1. The molecule has 0 bridgehead atoms. The Morgan fingerprint density at radius 3 is 2.59 bits per heavy atom. The predicted molar refractivity (Wildman–Crippen MR) is 126 cm³/mol. The Hall–Kier alpha value is -3.63. The zero-order valence-corrected chi connectivity index (χ0v) is 19.3. The number of hydrazone groups is 1. The summed E-state index contributed by atoms with van der Waals surface area (Å²) in [5.41, 5.74) is 3.06. The average molecular weight is 489 g/mol. The third kappa shape index (κ3) is 7.19. The van der Waals surface area contributed by atoms with Gasteiger partial charge in [-0.1, -0.05) is 23.7 Å². The first-order valence-corrected chi connectivity index (χ1v) is 11.0. The molecule has 180 valence electrons. The maximum Gasteiger partial charge on any atom is 0.329 e. The minimum atomic E-state index is -0.956. The van der Waals surface area contributed by atoms with Crippen LogP contribution in [-0.2, 0) is 19.1 Å². The second-order valence-corrected chi connectivity index (χ2v) is 7.46. The number of anilines is 1. The molecule has 3 rings (SSSR count). The Morgan fingerprint density at radius 1 is 1.09 bits per heavy atom. The molecule has 1 saturated heterocycles. The van der Waals surface area contributed by atoms with Gasteiger partial charge < -0.3 is 24.4 Å². The van der Waals surface area contributed by atoms with Crippen molar-refractivity contribution in [3.05, 3.63) is 53.1 Å². The summed E-state index contributed by atoms with van der Waals surface area (Å²) >= 11 is 5.97. The van der Waals surface area contributed by atoms with E-state index in [1.807, 2.05) is 6.92 Å². The smallest absolute Gasteiger partial charge is 0.329 e. The summed E-state index contributed by atoms with van der Waals surface area (Å²) in [7, 11) is 0. The van der Waals surface area contributed by atoms with Crippen molar-refractivity contribution in [1.29, 1.82) is 0 Å². The number of rotatable bonds is 8. The molecule has 2 aromatic rings. The van der Waals surface area contributed by atoms with Crippen LogP contribution in [0.15, 0.2) is 47.6 Å². The molecule has 1 fully saturated rings. The largest absolute Gasteiger partial charge is 0.490 e. The molecule has 1 heterocycles. The molecule has 0 aromatic heterocycles. The van der Waals surface area contributed by atoms with Gasteiger partial charge in [-0.25, -0.2) is 5.43 Å². The Labute approximate surface area is 201 Å². The summed E-state index contributed by atoms with van der Waals surface area (Å²) in [4.78, 5) is 38.0. The predicted octanol–water partition coefficient (Wildman–Crippen LogP) is 2.07. The lowest BCUT2D eigenvalue weighted by molar-refractivity contribution is -0.137. The van der Waals surface area contributed by atoms with E-state index >= 15 is 0 Å². The molecule has 0 radical (unpaired) electrons. The fraction of sp³-hybridized carbons (Fsp3) is 0.304. The molecule has 2 N–H and O–H groups in total. The molecule has 1 aliphatic rings. The number of nitrogens with zero attached hydrogens (tertiary/aromatic N) is 2. The second kappa shape index (κ2) is 12.6. The van der Waals surface area contributed by atoms with E-state index in [4.69, 9.17) is 25.8 Å². The van der Waals surface area contributed by atoms with Gasteiger partial charge in [0.1, 0.15) is 0 Å². The Balaban J connectivity index is 1.56. The number of carbonyl (C=O) groups excluding carboxylic acids is 3. The van der Waals surface area contributed by atoms with Crippen molar-refractivity contribution in [2.24, 2.45) is 5.10 Å². The van der Waals surface area contributed by atoms with Crippen LogP contribution >= 0.6 is 11.6 Å². The molecule has 0 atom stereocenters. The number of ether oxygens (including phenoxy) is 3. The molecule has 34 heavy (non-hydrogen) atoms. The van der Waals surface area contributed by atoms with Gasteiger partial charge in [0.25, 0.3) is 5.91 Å². The number of hydrogen-bond acceptors (Lipinski definition) is 7. The highest BCUT2D eigenvalue weighted by molar-refractivity contribution is 6.41. The number of amides is 3. The first-order chi connectivity index (χ1) is 16.5. The third-order valence-electron chi connectivity index (χ3n) is 4.69. The highest BCUT2D eigenvalue weighted by Gasteiger charge is 2.18. The minimum Gasteiger partial charge on any atom is -0.490 e. The maximum atomic E-state index is 12.3. The van der Waals surface area contributed by atoms with Gasteiger partial charge in [-0.3, -0.25) is 14.4 Å². The third-order valence-corrected chi connectivity index (χ3v) is 5.02. The normalized spacial score (nSPS) is 13.4. The molecule has 0 spiro atoms. The first kappa shape index (κ1) is 25.0. The van der Waals surface area contributed by atoms with Crippen LogP contribution in [-0.4, -0.2) is 68.4 Å². The van der Waals surface area contributed by atoms with E-state index in [0.717, 1.165) is 0 Å². The minimum absolute atomic E-state index is 0.121. The van der Waals surface area contributed by atoms with Crippen LogP contribution in [0.2, 0.25) is 5.02 Å². The summed E-state index contributed by atoms with van der Waals surface area (Å²) in [6.45, 7) is 4.19. The molecule has 10 nitrogen and oxygen atoms in total. The number of para-hydroxylation sites is 1. The van der Waals surface area contributed by atoms with E-state index in [1.165, 1.54) is 6.21 Å². The second-order valence-electron chi connectivity index (χ2n) is 7.05. The van der Waals surface area contributed by atoms with E-state index < -0.39 is 11.8 Å². The Morgan fingerprint density at radius 2 is 1.85 bits per heavy atom. The van der Waals surface area contributed by atoms with Crippen molar-refractivity contribution in [3.63, 3.8) is 0 Å². The van der Waals surface area contributed by atoms with Gasteiger partial charge >= 0.3 is 11.8 Å². The van der Waals surface area contributed by atoms with Gasteiger partial charge in [-0.05, 0) is 42.8 Å². The standard InChI is InChI=1S/C23H25ClN4O6/c1-2-33-20-13-16(7-8-19(20)34-15-21(29)28-9-11-32-12-10-28)14-25-27-23(31)22(30)26-18-6-4-3-5-17(18)24/h3-8,13-14H,2,9-12,15H2,1H3,(H,26,30)(H,27,31)/b25-14-. The lowest BCUT2D eigenvalue weighted by atomic mass is 10.2. The van der Waals surface area contributed by atoms with Crippen LogP contribution in [0, 0.1) is 0 Å². The van der Waals surface area contributed by atoms with Crippen molar-refractivity contribution in [2.75, 3.05) is 44.8 Å². The average Bonchev–Trinajstić information content (AvgIpc) is 2.85. The van der Waals surface area contributed by atoms with Crippen LogP contribution in [0.1, 0.15) is 12.5 Å². The highest BCUT2D eigenvalue weighted by atomic mass is 35.5. The van der Waals surface area contributed by atoms with Gasteiger partial charge in [-0.15, -0.1) is 0 Å². The molecule has 0 unspecified atom stereocenters. The van der Waals surface area contributed by atoms with Crippen molar-refractivity contribution in [2.45, 2.75) is 6.92 Å². The van der Waals surface area contributed by atoms with Crippen LogP contribution in [0.4, 0.5) is 5.69 Å². The van der Waals surface area contributed by atoms with Gasteiger partial charge in [0.15, 0.2) is 18.1 Å². The molecule has 0 saturated carbocycles. The lowest BCUT2D eigenvalue weighted by Gasteiger charge is -2.26. The zero-order chi connectivity index (χ0) is 24.3. The van der Waals surface area contributed by atoms with E-state index in [0.29, 0.717) is 60.7 Å². The maximum absolute atomic E-state index is 12.3. The fourth-order valence-corrected chi connectivity index (χ4v) is 3.18. The fourth-order valence-electron chi connectivity index (χ4n) is 2.99. The van der Waals surface area contributed by atoms with Crippen LogP contribution in [0.5, 0.6) is 11.5 Å².